The van der Waals surface area contributed by atoms with E-state index in [1.165, 1.54) is 79.9 Å². The lowest BCUT2D eigenvalue weighted by molar-refractivity contribution is -0.991. The lowest BCUT2D eigenvalue weighted by atomic mass is 10.1. The van der Waals surface area contributed by atoms with Gasteiger partial charge in [0.15, 0.2) is 11.5 Å². The largest absolute Gasteiger partial charge is 0.595 e. The van der Waals surface area contributed by atoms with Crippen molar-refractivity contribution in [3.8, 4) is 11.5 Å². The van der Waals surface area contributed by atoms with Crippen molar-refractivity contribution in [3.63, 3.8) is 0 Å². The minimum atomic E-state index is -1.12. The van der Waals surface area contributed by atoms with Crippen LogP contribution in [0.3, 0.4) is 0 Å². The zero-order chi connectivity index (χ0) is 22.4. The van der Waals surface area contributed by atoms with E-state index in [0.29, 0.717) is 5.75 Å². The van der Waals surface area contributed by atoms with E-state index in [9.17, 15) is 19.2 Å². The number of hydrogen-bond donors (Lipinski definition) is 2. The summed E-state index contributed by atoms with van der Waals surface area (Å²) >= 11 is 0. The third-order valence-corrected chi connectivity index (χ3v) is 4.34. The number of nitrogens with one attached hydrogen (secondary N) is 1. The molecule has 3 rings (SSSR count). The van der Waals surface area contributed by atoms with Crippen molar-refractivity contribution >= 4 is 23.5 Å². The maximum atomic E-state index is 13.8. The smallest absolute Gasteiger partial charge is 0.343 e. The first-order chi connectivity index (χ1) is 14.9. The van der Waals surface area contributed by atoms with Crippen molar-refractivity contribution < 1.29 is 33.9 Å². The second kappa shape index (κ2) is 9.77. The van der Waals surface area contributed by atoms with E-state index in [0.717, 1.165) is 0 Å². The molecule has 7 nitrogen and oxygen atoms in total. The van der Waals surface area contributed by atoms with Crippen LogP contribution in [0, 0.1) is 11.0 Å². The Kier molecular flexibility index (Phi) is 6.88. The SMILES string of the molecule is COc1ccc(OC(=O)c2ccc([NH+]([O-])O)cc2)c(C(=O)C=Cc2ccccc2F)c1. The molecule has 1 atom stereocenters. The third-order valence-electron chi connectivity index (χ3n) is 4.34. The van der Waals surface area contributed by atoms with E-state index in [4.69, 9.17) is 14.7 Å². The summed E-state index contributed by atoms with van der Waals surface area (Å²) in [6, 6.07) is 15.5. The number of benzene rings is 3. The van der Waals surface area contributed by atoms with Crippen LogP contribution < -0.4 is 14.7 Å². The molecular formula is C23H18FNO6. The van der Waals surface area contributed by atoms with Crippen molar-refractivity contribution in [3.05, 3.63) is 101 Å². The molecule has 0 aliphatic rings. The summed E-state index contributed by atoms with van der Waals surface area (Å²) in [5.74, 6) is -1.42. The Labute approximate surface area is 177 Å². The molecule has 0 fully saturated rings. The van der Waals surface area contributed by atoms with Gasteiger partial charge in [0.1, 0.15) is 17.3 Å². The first-order valence-electron chi connectivity index (χ1n) is 9.09. The molecular weight excluding hydrogens is 405 g/mol. The second-order valence-electron chi connectivity index (χ2n) is 6.35. The first-order valence-corrected chi connectivity index (χ1v) is 9.09. The highest BCUT2D eigenvalue weighted by Gasteiger charge is 2.17. The van der Waals surface area contributed by atoms with Crippen LogP contribution in [0.15, 0.2) is 72.8 Å². The number of carbonyl (C=O) groups excluding carboxylic acids is 2. The predicted molar refractivity (Wildman–Crippen MR) is 110 cm³/mol. The summed E-state index contributed by atoms with van der Waals surface area (Å²) in [5, 5.41) is 18.8. The summed E-state index contributed by atoms with van der Waals surface area (Å²) in [7, 11) is 1.43. The Morgan fingerprint density at radius 1 is 1.06 bits per heavy atom. The van der Waals surface area contributed by atoms with Crippen molar-refractivity contribution in [2.24, 2.45) is 0 Å². The quantitative estimate of drug-likeness (QED) is 0.199. The molecule has 31 heavy (non-hydrogen) atoms. The van der Waals surface area contributed by atoms with Crippen molar-refractivity contribution in [1.82, 2.24) is 0 Å². The summed E-state index contributed by atoms with van der Waals surface area (Å²) in [6.07, 6.45) is 2.50. The molecule has 1 unspecified atom stereocenters. The van der Waals surface area contributed by atoms with Gasteiger partial charge in [0.25, 0.3) is 0 Å². The number of hydrogen-bond acceptors (Lipinski definition) is 6. The number of allylic oxidation sites excluding steroid dienone is 1. The first kappa shape index (κ1) is 21.8. The minimum Gasteiger partial charge on any atom is -0.595 e. The van der Waals surface area contributed by atoms with E-state index in [1.807, 2.05) is 0 Å². The van der Waals surface area contributed by atoms with E-state index in [-0.39, 0.29) is 28.1 Å². The average Bonchev–Trinajstić information content (AvgIpc) is 2.78. The summed E-state index contributed by atoms with van der Waals surface area (Å²) in [5.41, 5.74) is 0.412. The molecule has 0 saturated carbocycles. The average molecular weight is 423 g/mol. The van der Waals surface area contributed by atoms with Gasteiger partial charge in [0.05, 0.1) is 18.2 Å². The number of ether oxygens (including phenoxy) is 2. The number of esters is 1. The number of quaternary nitrogens is 1. The molecule has 2 N–H and O–H groups in total. The fraction of sp³-hybridized carbons (Fsp3) is 0.0435. The molecule has 0 saturated heterocycles. The number of rotatable bonds is 7. The van der Waals surface area contributed by atoms with Crippen LogP contribution in [0.25, 0.3) is 6.08 Å². The highest BCUT2D eigenvalue weighted by atomic mass is 19.1. The van der Waals surface area contributed by atoms with Crippen molar-refractivity contribution in [2.45, 2.75) is 0 Å². The Balaban J connectivity index is 1.86. The highest BCUT2D eigenvalue weighted by Crippen LogP contribution is 2.26. The fourth-order valence-electron chi connectivity index (χ4n) is 2.69. The second-order valence-corrected chi connectivity index (χ2v) is 6.35. The standard InChI is InChI=1S/C23H18FNO6/c1-30-18-11-13-22(31-23(27)16-6-9-17(10-7-16)25(28)29)19(14-18)21(26)12-8-15-4-2-3-5-20(15)24/h2-14,25,28H,1H3. The van der Waals surface area contributed by atoms with Crippen LogP contribution in [0.5, 0.6) is 11.5 Å². The van der Waals surface area contributed by atoms with Crippen LogP contribution in [0.2, 0.25) is 0 Å². The molecule has 8 heteroatoms. The van der Waals surface area contributed by atoms with Crippen LogP contribution in [0.4, 0.5) is 10.1 Å². The maximum Gasteiger partial charge on any atom is 0.343 e. The van der Waals surface area contributed by atoms with E-state index in [1.54, 1.807) is 6.07 Å². The molecule has 0 heterocycles. The summed E-state index contributed by atoms with van der Waals surface area (Å²) < 4.78 is 24.3. The lowest BCUT2D eigenvalue weighted by Gasteiger charge is -2.12. The molecule has 0 radical (unpaired) electrons. The topological polar surface area (TPSA) is 100 Å². The zero-order valence-corrected chi connectivity index (χ0v) is 16.4. The summed E-state index contributed by atoms with van der Waals surface area (Å²) in [4.78, 5) is 25.2. The van der Waals surface area contributed by atoms with Crippen LogP contribution in [-0.4, -0.2) is 24.1 Å². The van der Waals surface area contributed by atoms with Gasteiger partial charge in [-0.15, -0.1) is 0 Å². The third kappa shape index (κ3) is 5.40. The normalized spacial score (nSPS) is 11.9. The van der Waals surface area contributed by atoms with Gasteiger partial charge in [0, 0.05) is 17.7 Å². The van der Waals surface area contributed by atoms with E-state index < -0.39 is 22.8 Å². The Bertz CT molecular complexity index is 1130. The Morgan fingerprint density at radius 2 is 1.77 bits per heavy atom. The zero-order valence-electron chi connectivity index (χ0n) is 16.4. The highest BCUT2D eigenvalue weighted by molar-refractivity contribution is 6.09. The minimum absolute atomic E-state index is 0.0173. The van der Waals surface area contributed by atoms with Crippen LogP contribution >= 0.6 is 0 Å². The van der Waals surface area contributed by atoms with E-state index in [2.05, 4.69) is 0 Å². The van der Waals surface area contributed by atoms with Gasteiger partial charge >= 0.3 is 5.97 Å². The number of halogens is 1. The van der Waals surface area contributed by atoms with Gasteiger partial charge in [-0.25, -0.2) is 14.4 Å². The molecule has 0 aliphatic carbocycles. The predicted octanol–water partition coefficient (Wildman–Crippen LogP) is 3.35. The Morgan fingerprint density at radius 3 is 2.42 bits per heavy atom. The molecule has 0 aliphatic heterocycles. The number of carbonyl (C=O) groups is 2. The molecule has 0 spiro atoms. The molecule has 3 aromatic rings. The van der Waals surface area contributed by atoms with Crippen LogP contribution in [0.1, 0.15) is 26.3 Å². The lowest BCUT2D eigenvalue weighted by Crippen LogP contribution is -2.99. The summed E-state index contributed by atoms with van der Waals surface area (Å²) in [6.45, 7) is 0. The van der Waals surface area contributed by atoms with Gasteiger partial charge in [-0.1, -0.05) is 18.2 Å². The molecule has 0 bridgehead atoms. The van der Waals surface area contributed by atoms with Gasteiger partial charge < -0.3 is 14.7 Å². The van der Waals surface area contributed by atoms with Crippen LogP contribution in [-0.2, 0) is 0 Å². The number of methoxy groups -OCH3 is 1. The van der Waals surface area contributed by atoms with Gasteiger partial charge in [-0.05, 0) is 48.6 Å². The molecule has 158 valence electrons. The molecule has 0 amide bonds. The molecule has 3 aromatic carbocycles. The molecule has 0 aromatic heterocycles. The Hall–Kier alpha value is -3.85. The van der Waals surface area contributed by atoms with Crippen molar-refractivity contribution in [1.29, 1.82) is 0 Å². The maximum absolute atomic E-state index is 13.8. The number of ketones is 1. The van der Waals surface area contributed by atoms with Crippen molar-refractivity contribution in [2.75, 3.05) is 7.11 Å². The van der Waals surface area contributed by atoms with E-state index >= 15 is 0 Å². The van der Waals surface area contributed by atoms with Gasteiger partial charge in [-0.2, -0.15) is 5.23 Å². The van der Waals surface area contributed by atoms with Gasteiger partial charge in [0.2, 0.25) is 0 Å². The monoisotopic (exact) mass is 423 g/mol. The van der Waals surface area contributed by atoms with Gasteiger partial charge in [-0.3, -0.25) is 4.79 Å². The fourth-order valence-corrected chi connectivity index (χ4v) is 2.69.